The van der Waals surface area contributed by atoms with Crippen molar-refractivity contribution < 1.29 is 19.4 Å². The zero-order valence-electron chi connectivity index (χ0n) is 11.7. The van der Waals surface area contributed by atoms with Crippen LogP contribution in [0.25, 0.3) is 0 Å². The molecule has 106 valence electrons. The number of aliphatic hydroxyl groups excluding tert-OH is 1. The van der Waals surface area contributed by atoms with Gasteiger partial charge in [0.2, 0.25) is 5.78 Å². The van der Waals surface area contributed by atoms with Gasteiger partial charge in [-0.1, -0.05) is 19.8 Å². The van der Waals surface area contributed by atoms with Crippen molar-refractivity contribution in [3.63, 3.8) is 0 Å². The maximum Gasteiger partial charge on any atom is 0.320 e. The smallest absolute Gasteiger partial charge is 0.320 e. The zero-order valence-corrected chi connectivity index (χ0v) is 11.7. The highest BCUT2D eigenvalue weighted by Gasteiger charge is 2.59. The third-order valence-electron chi connectivity index (χ3n) is 4.58. The fourth-order valence-corrected chi connectivity index (χ4v) is 3.58. The van der Waals surface area contributed by atoms with Crippen LogP contribution in [0.4, 0.5) is 0 Å². The molecule has 19 heavy (non-hydrogen) atoms. The number of fused-ring (bicyclic) bond motifs is 1. The largest absolute Gasteiger partial charge is 0.504 e. The Labute approximate surface area is 113 Å². The summed E-state index contributed by atoms with van der Waals surface area (Å²) in [5.74, 6) is -1.21. The van der Waals surface area contributed by atoms with Gasteiger partial charge < -0.3 is 9.84 Å². The predicted molar refractivity (Wildman–Crippen MR) is 70.6 cm³/mol. The van der Waals surface area contributed by atoms with Crippen molar-refractivity contribution in [1.29, 1.82) is 0 Å². The second-order valence-electron chi connectivity index (χ2n) is 5.40. The van der Waals surface area contributed by atoms with Gasteiger partial charge in [-0.3, -0.25) is 9.59 Å². The van der Waals surface area contributed by atoms with E-state index in [1.165, 1.54) is 0 Å². The molecule has 0 heterocycles. The third-order valence-corrected chi connectivity index (χ3v) is 4.58. The van der Waals surface area contributed by atoms with Crippen LogP contribution in [-0.2, 0) is 14.3 Å². The highest BCUT2D eigenvalue weighted by atomic mass is 16.5. The Morgan fingerprint density at radius 3 is 2.74 bits per heavy atom. The van der Waals surface area contributed by atoms with Crippen LogP contribution in [0.1, 0.15) is 52.4 Å². The van der Waals surface area contributed by atoms with Crippen molar-refractivity contribution in [1.82, 2.24) is 0 Å². The molecule has 4 nitrogen and oxygen atoms in total. The minimum Gasteiger partial charge on any atom is -0.504 e. The lowest BCUT2D eigenvalue weighted by molar-refractivity contribution is -0.162. The van der Waals surface area contributed by atoms with E-state index in [9.17, 15) is 14.7 Å². The number of hydrogen-bond donors (Lipinski definition) is 1. The van der Waals surface area contributed by atoms with Crippen LogP contribution in [0.15, 0.2) is 11.3 Å². The molecule has 0 aromatic rings. The Kier molecular flexibility index (Phi) is 3.97. The summed E-state index contributed by atoms with van der Waals surface area (Å²) in [7, 11) is 0. The number of carbonyl (C=O) groups excluding carboxylic acids is 2. The summed E-state index contributed by atoms with van der Waals surface area (Å²) in [6.45, 7) is 3.83. The molecule has 0 bridgehead atoms. The van der Waals surface area contributed by atoms with E-state index >= 15 is 0 Å². The standard InChI is InChI=1S/C15H22O4/c1-3-15(14(18)19-4-2)11-9-7-5-6-8-10(11)12(16)13(15)17/h11,16H,3-9H2,1-2H3/t11-,15-/m0/s1. The highest BCUT2D eigenvalue weighted by molar-refractivity contribution is 6.14. The third kappa shape index (κ3) is 1.97. The molecule has 0 saturated heterocycles. The minimum absolute atomic E-state index is 0.161. The quantitative estimate of drug-likeness (QED) is 0.630. The number of aliphatic hydroxyl groups is 1. The topological polar surface area (TPSA) is 63.6 Å². The first-order valence-electron chi connectivity index (χ1n) is 7.23. The Morgan fingerprint density at radius 1 is 1.37 bits per heavy atom. The highest BCUT2D eigenvalue weighted by Crippen LogP contribution is 2.51. The number of hydrogen-bond acceptors (Lipinski definition) is 4. The van der Waals surface area contributed by atoms with Gasteiger partial charge in [-0.25, -0.2) is 0 Å². The molecule has 1 N–H and O–H groups in total. The number of esters is 1. The van der Waals surface area contributed by atoms with E-state index in [2.05, 4.69) is 0 Å². The van der Waals surface area contributed by atoms with Crippen molar-refractivity contribution in [3.05, 3.63) is 11.3 Å². The van der Waals surface area contributed by atoms with E-state index in [4.69, 9.17) is 4.74 Å². The van der Waals surface area contributed by atoms with E-state index in [1.807, 2.05) is 6.92 Å². The van der Waals surface area contributed by atoms with Crippen molar-refractivity contribution in [2.45, 2.75) is 52.4 Å². The molecule has 2 rings (SSSR count). The molecule has 0 amide bonds. The van der Waals surface area contributed by atoms with Crippen LogP contribution >= 0.6 is 0 Å². The van der Waals surface area contributed by atoms with Gasteiger partial charge in [0.1, 0.15) is 5.41 Å². The Balaban J connectivity index is 2.44. The Morgan fingerprint density at radius 2 is 2.11 bits per heavy atom. The van der Waals surface area contributed by atoms with Crippen LogP contribution in [0, 0.1) is 11.3 Å². The molecule has 0 aliphatic heterocycles. The van der Waals surface area contributed by atoms with Crippen LogP contribution in [0.3, 0.4) is 0 Å². The molecule has 0 radical (unpaired) electrons. The van der Waals surface area contributed by atoms with E-state index in [-0.39, 0.29) is 18.3 Å². The molecule has 4 heteroatoms. The van der Waals surface area contributed by atoms with Crippen LogP contribution < -0.4 is 0 Å². The number of ether oxygens (including phenoxy) is 1. The average Bonchev–Trinajstić information content (AvgIpc) is 2.59. The van der Waals surface area contributed by atoms with Gasteiger partial charge in [0.05, 0.1) is 6.61 Å². The number of Topliss-reactive ketones (excluding diaryl/α,β-unsaturated/α-hetero) is 1. The van der Waals surface area contributed by atoms with Gasteiger partial charge >= 0.3 is 5.97 Å². The summed E-state index contributed by atoms with van der Waals surface area (Å²) in [6.07, 6.45) is 4.97. The molecule has 2 atom stereocenters. The van der Waals surface area contributed by atoms with E-state index in [0.717, 1.165) is 37.7 Å². The Bertz CT molecular complexity index is 424. The van der Waals surface area contributed by atoms with Crippen molar-refractivity contribution in [3.8, 4) is 0 Å². The first-order valence-corrected chi connectivity index (χ1v) is 7.23. The summed E-state index contributed by atoms with van der Waals surface area (Å²) in [6, 6.07) is 0. The lowest BCUT2D eigenvalue weighted by Crippen LogP contribution is -2.43. The number of allylic oxidation sites excluding steroid dienone is 2. The number of carbonyl (C=O) groups is 2. The van der Waals surface area contributed by atoms with Gasteiger partial charge in [-0.15, -0.1) is 0 Å². The van der Waals surface area contributed by atoms with Gasteiger partial charge in [-0.2, -0.15) is 0 Å². The van der Waals surface area contributed by atoms with Gasteiger partial charge in [0, 0.05) is 5.92 Å². The summed E-state index contributed by atoms with van der Waals surface area (Å²) in [5, 5.41) is 10.1. The van der Waals surface area contributed by atoms with Crippen LogP contribution in [0.2, 0.25) is 0 Å². The molecule has 0 unspecified atom stereocenters. The number of rotatable bonds is 3. The van der Waals surface area contributed by atoms with Gasteiger partial charge in [-0.05, 0) is 38.2 Å². The van der Waals surface area contributed by atoms with Crippen molar-refractivity contribution in [2.75, 3.05) is 6.61 Å². The molecular weight excluding hydrogens is 244 g/mol. The van der Waals surface area contributed by atoms with Gasteiger partial charge in [0.25, 0.3) is 0 Å². The molecule has 1 saturated carbocycles. The zero-order chi connectivity index (χ0) is 14.0. The van der Waals surface area contributed by atoms with E-state index in [0.29, 0.717) is 6.42 Å². The lowest BCUT2D eigenvalue weighted by atomic mass is 9.70. The molecule has 0 aromatic heterocycles. The molecule has 0 aromatic carbocycles. The summed E-state index contributed by atoms with van der Waals surface area (Å²) in [4.78, 5) is 24.8. The second-order valence-corrected chi connectivity index (χ2v) is 5.40. The SMILES string of the molecule is CCOC(=O)[C@]1(CC)C(=O)C(O)=C2CCCCC[C@@H]21. The fraction of sp³-hybridized carbons (Fsp3) is 0.733. The van der Waals surface area contributed by atoms with Crippen molar-refractivity contribution in [2.24, 2.45) is 11.3 Å². The predicted octanol–water partition coefficient (Wildman–Crippen LogP) is 2.92. The number of ketones is 1. The lowest BCUT2D eigenvalue weighted by Gasteiger charge is -2.31. The molecule has 0 spiro atoms. The maximum atomic E-state index is 12.4. The molecule has 2 aliphatic carbocycles. The summed E-state index contributed by atoms with van der Waals surface area (Å²) in [5.41, 5.74) is -0.378. The molecule has 2 aliphatic rings. The van der Waals surface area contributed by atoms with Crippen LogP contribution in [0.5, 0.6) is 0 Å². The second kappa shape index (κ2) is 5.35. The fourth-order valence-electron chi connectivity index (χ4n) is 3.58. The molecule has 1 fully saturated rings. The molecular formula is C15H22O4. The average molecular weight is 266 g/mol. The monoisotopic (exact) mass is 266 g/mol. The van der Waals surface area contributed by atoms with Crippen LogP contribution in [-0.4, -0.2) is 23.5 Å². The van der Waals surface area contributed by atoms with Gasteiger partial charge in [0.15, 0.2) is 5.76 Å². The van der Waals surface area contributed by atoms with E-state index in [1.54, 1.807) is 6.92 Å². The van der Waals surface area contributed by atoms with E-state index < -0.39 is 17.2 Å². The van der Waals surface area contributed by atoms with Crippen molar-refractivity contribution >= 4 is 11.8 Å². The summed E-state index contributed by atoms with van der Waals surface area (Å²) >= 11 is 0. The first-order chi connectivity index (χ1) is 9.09. The normalized spacial score (nSPS) is 31.1. The Hall–Kier alpha value is -1.32. The minimum atomic E-state index is -1.17. The first kappa shape index (κ1) is 14.1. The maximum absolute atomic E-state index is 12.4. The summed E-state index contributed by atoms with van der Waals surface area (Å²) < 4.78 is 5.13.